The average Bonchev–Trinajstić information content (AvgIpc) is 2.77. The molecule has 1 aromatic rings. The van der Waals surface area contributed by atoms with Gasteiger partial charge in [-0.25, -0.2) is 0 Å². The lowest BCUT2D eigenvalue weighted by Gasteiger charge is -2.15. The summed E-state index contributed by atoms with van der Waals surface area (Å²) in [6.07, 6.45) is 1.12. The molecule has 1 nitrogen and oxygen atoms in total. The molecule has 0 amide bonds. The van der Waals surface area contributed by atoms with E-state index >= 15 is 0 Å². The standard InChI is InChI=1S/C18H29N/c1-7-14-8-10-15(11-9-14)13(2)19-12-16-17(3,4)18(16,5)6/h8-11,13,16,19H,7,12H2,1-6H3. The highest BCUT2D eigenvalue weighted by atomic mass is 14.9. The number of aryl methyl sites for hydroxylation is 1. The molecule has 1 fully saturated rings. The summed E-state index contributed by atoms with van der Waals surface area (Å²) in [4.78, 5) is 0. The van der Waals surface area contributed by atoms with Crippen LogP contribution in [-0.4, -0.2) is 6.54 Å². The number of hydrogen-bond acceptors (Lipinski definition) is 1. The van der Waals surface area contributed by atoms with E-state index in [1.807, 2.05) is 0 Å². The topological polar surface area (TPSA) is 12.0 Å². The second-order valence-corrected chi connectivity index (χ2v) is 7.22. The van der Waals surface area contributed by atoms with Crippen molar-refractivity contribution in [1.82, 2.24) is 5.32 Å². The first-order valence-electron chi connectivity index (χ1n) is 7.63. The van der Waals surface area contributed by atoms with Gasteiger partial charge >= 0.3 is 0 Å². The molecule has 0 heterocycles. The van der Waals surface area contributed by atoms with Crippen LogP contribution in [0.3, 0.4) is 0 Å². The molecule has 1 saturated carbocycles. The third-order valence-electron chi connectivity index (χ3n) is 5.84. The Morgan fingerprint density at radius 3 is 2.00 bits per heavy atom. The van der Waals surface area contributed by atoms with Crippen LogP contribution in [0.15, 0.2) is 24.3 Å². The average molecular weight is 259 g/mol. The van der Waals surface area contributed by atoms with E-state index in [0.717, 1.165) is 18.9 Å². The molecule has 1 aromatic carbocycles. The van der Waals surface area contributed by atoms with Crippen molar-refractivity contribution in [2.45, 2.75) is 54.0 Å². The zero-order chi connectivity index (χ0) is 14.3. The Labute approximate surface area is 118 Å². The monoisotopic (exact) mass is 259 g/mol. The van der Waals surface area contributed by atoms with Crippen LogP contribution in [0.4, 0.5) is 0 Å². The van der Waals surface area contributed by atoms with Crippen molar-refractivity contribution in [2.75, 3.05) is 6.54 Å². The highest BCUT2D eigenvalue weighted by Crippen LogP contribution is 2.68. The zero-order valence-corrected chi connectivity index (χ0v) is 13.4. The fourth-order valence-electron chi connectivity index (χ4n) is 3.30. The first-order valence-corrected chi connectivity index (χ1v) is 7.63. The quantitative estimate of drug-likeness (QED) is 0.816. The molecule has 1 N–H and O–H groups in total. The van der Waals surface area contributed by atoms with E-state index in [9.17, 15) is 0 Å². The molecule has 0 bridgehead atoms. The van der Waals surface area contributed by atoms with Crippen LogP contribution in [0.1, 0.15) is 58.7 Å². The van der Waals surface area contributed by atoms with Crippen LogP contribution in [0.25, 0.3) is 0 Å². The lowest BCUT2D eigenvalue weighted by molar-refractivity contribution is 0.457. The van der Waals surface area contributed by atoms with Gasteiger partial charge < -0.3 is 5.32 Å². The SMILES string of the molecule is CCc1ccc(C(C)NCC2C(C)(C)C2(C)C)cc1. The summed E-state index contributed by atoms with van der Waals surface area (Å²) in [6.45, 7) is 15.1. The highest BCUT2D eigenvalue weighted by molar-refractivity contribution is 5.25. The Hall–Kier alpha value is -0.820. The third kappa shape index (κ3) is 2.58. The smallest absolute Gasteiger partial charge is 0.0291 e. The molecular weight excluding hydrogens is 230 g/mol. The minimum Gasteiger partial charge on any atom is -0.310 e. The fraction of sp³-hybridized carbons (Fsp3) is 0.667. The van der Waals surface area contributed by atoms with Gasteiger partial charge in [-0.2, -0.15) is 0 Å². The van der Waals surface area contributed by atoms with E-state index in [4.69, 9.17) is 0 Å². The van der Waals surface area contributed by atoms with E-state index in [1.165, 1.54) is 11.1 Å². The molecule has 19 heavy (non-hydrogen) atoms. The Bertz CT molecular complexity index is 414. The number of hydrogen-bond donors (Lipinski definition) is 1. The predicted molar refractivity (Wildman–Crippen MR) is 83.3 cm³/mol. The zero-order valence-electron chi connectivity index (χ0n) is 13.4. The van der Waals surface area contributed by atoms with Crippen molar-refractivity contribution in [3.05, 3.63) is 35.4 Å². The van der Waals surface area contributed by atoms with Crippen LogP contribution < -0.4 is 5.32 Å². The highest BCUT2D eigenvalue weighted by Gasteiger charge is 2.63. The number of benzene rings is 1. The van der Waals surface area contributed by atoms with Crippen molar-refractivity contribution in [2.24, 2.45) is 16.7 Å². The Balaban J connectivity index is 1.90. The number of rotatable bonds is 5. The molecule has 1 atom stereocenters. The van der Waals surface area contributed by atoms with Gasteiger partial charge in [-0.3, -0.25) is 0 Å². The molecule has 1 unspecified atom stereocenters. The van der Waals surface area contributed by atoms with Gasteiger partial charge in [0.25, 0.3) is 0 Å². The summed E-state index contributed by atoms with van der Waals surface area (Å²) in [5, 5.41) is 3.71. The van der Waals surface area contributed by atoms with E-state index in [-0.39, 0.29) is 0 Å². The van der Waals surface area contributed by atoms with Gasteiger partial charge in [0, 0.05) is 6.04 Å². The van der Waals surface area contributed by atoms with E-state index in [0.29, 0.717) is 16.9 Å². The normalized spacial score (nSPS) is 22.2. The molecule has 0 spiro atoms. The second-order valence-electron chi connectivity index (χ2n) is 7.22. The minimum absolute atomic E-state index is 0.443. The van der Waals surface area contributed by atoms with Gasteiger partial charge in [-0.1, -0.05) is 58.9 Å². The van der Waals surface area contributed by atoms with Gasteiger partial charge in [-0.15, -0.1) is 0 Å². The first-order chi connectivity index (χ1) is 8.80. The second kappa shape index (κ2) is 4.94. The molecule has 2 rings (SSSR count). The summed E-state index contributed by atoms with van der Waals surface area (Å²) in [5.41, 5.74) is 3.77. The maximum Gasteiger partial charge on any atom is 0.0291 e. The van der Waals surface area contributed by atoms with Crippen molar-refractivity contribution < 1.29 is 0 Å². The lowest BCUT2D eigenvalue weighted by atomic mass is 10.0. The Morgan fingerprint density at radius 2 is 1.58 bits per heavy atom. The Morgan fingerprint density at radius 1 is 1.05 bits per heavy atom. The van der Waals surface area contributed by atoms with E-state index in [1.54, 1.807) is 0 Å². The molecule has 0 saturated heterocycles. The van der Waals surface area contributed by atoms with Gasteiger partial charge in [0.05, 0.1) is 0 Å². The van der Waals surface area contributed by atoms with Crippen LogP contribution >= 0.6 is 0 Å². The summed E-state index contributed by atoms with van der Waals surface area (Å²) >= 11 is 0. The molecular formula is C18H29N. The summed E-state index contributed by atoms with van der Waals surface area (Å²) < 4.78 is 0. The first kappa shape index (κ1) is 14.6. The predicted octanol–water partition coefficient (Wildman–Crippen LogP) is 4.58. The van der Waals surface area contributed by atoms with Crippen LogP contribution in [0, 0.1) is 16.7 Å². The molecule has 0 aromatic heterocycles. The summed E-state index contributed by atoms with van der Waals surface area (Å²) in [5.74, 6) is 0.789. The summed E-state index contributed by atoms with van der Waals surface area (Å²) in [6, 6.07) is 9.47. The van der Waals surface area contributed by atoms with Crippen molar-refractivity contribution in [3.63, 3.8) is 0 Å². The lowest BCUT2D eigenvalue weighted by Crippen LogP contribution is -2.23. The maximum absolute atomic E-state index is 3.71. The van der Waals surface area contributed by atoms with Gasteiger partial charge in [0.15, 0.2) is 0 Å². The third-order valence-corrected chi connectivity index (χ3v) is 5.84. The van der Waals surface area contributed by atoms with Crippen molar-refractivity contribution >= 4 is 0 Å². The molecule has 1 heteroatoms. The van der Waals surface area contributed by atoms with E-state index in [2.05, 4.69) is 71.1 Å². The maximum atomic E-state index is 3.71. The van der Waals surface area contributed by atoms with Crippen LogP contribution in [0.2, 0.25) is 0 Å². The molecule has 1 aliphatic carbocycles. The molecule has 0 radical (unpaired) electrons. The molecule has 106 valence electrons. The van der Waals surface area contributed by atoms with Gasteiger partial charge in [-0.05, 0) is 47.8 Å². The van der Waals surface area contributed by atoms with Crippen molar-refractivity contribution in [3.8, 4) is 0 Å². The molecule has 1 aliphatic rings. The molecule has 0 aliphatic heterocycles. The minimum atomic E-state index is 0.443. The Kier molecular flexibility index (Phi) is 3.79. The van der Waals surface area contributed by atoms with Crippen LogP contribution in [0.5, 0.6) is 0 Å². The number of nitrogens with one attached hydrogen (secondary N) is 1. The van der Waals surface area contributed by atoms with Gasteiger partial charge in [0.1, 0.15) is 0 Å². The summed E-state index contributed by atoms with van der Waals surface area (Å²) in [7, 11) is 0. The van der Waals surface area contributed by atoms with Crippen molar-refractivity contribution in [1.29, 1.82) is 0 Å². The van der Waals surface area contributed by atoms with Crippen LogP contribution in [-0.2, 0) is 6.42 Å². The van der Waals surface area contributed by atoms with E-state index < -0.39 is 0 Å². The fourth-order valence-corrected chi connectivity index (χ4v) is 3.30. The van der Waals surface area contributed by atoms with Gasteiger partial charge in [0.2, 0.25) is 0 Å². The largest absolute Gasteiger partial charge is 0.310 e.